The number of aliphatic hydroxyl groups excluding tert-OH is 1. The summed E-state index contributed by atoms with van der Waals surface area (Å²) < 4.78 is 7.58. The molecule has 0 bridgehead atoms. The van der Waals surface area contributed by atoms with Gasteiger partial charge in [0.25, 0.3) is 0 Å². The lowest BCUT2D eigenvalue weighted by molar-refractivity contribution is 0.101. The fourth-order valence-corrected chi connectivity index (χ4v) is 4.64. The first-order valence-electron chi connectivity index (χ1n) is 10.6. The van der Waals surface area contributed by atoms with E-state index >= 15 is 0 Å². The van der Waals surface area contributed by atoms with Crippen LogP contribution in [0.5, 0.6) is 5.75 Å². The van der Waals surface area contributed by atoms with Crippen LogP contribution in [-0.4, -0.2) is 56.6 Å². The summed E-state index contributed by atoms with van der Waals surface area (Å²) in [7, 11) is 3.83. The first kappa shape index (κ1) is 21.8. The van der Waals surface area contributed by atoms with Crippen molar-refractivity contribution < 1.29 is 9.84 Å². The van der Waals surface area contributed by atoms with E-state index < -0.39 is 0 Å². The van der Waals surface area contributed by atoms with Crippen LogP contribution in [0, 0.1) is 0 Å². The molecule has 166 valence electrons. The molecule has 5 rings (SSSR count). The third kappa shape index (κ3) is 4.33. The van der Waals surface area contributed by atoms with Gasteiger partial charge in [0.1, 0.15) is 5.75 Å². The maximum absolute atomic E-state index is 10.1. The van der Waals surface area contributed by atoms with E-state index in [1.54, 1.807) is 19.5 Å². The van der Waals surface area contributed by atoms with Gasteiger partial charge in [0.2, 0.25) is 5.95 Å². The molecule has 0 spiro atoms. The van der Waals surface area contributed by atoms with Crippen LogP contribution in [0.3, 0.4) is 0 Å². The number of nitrogens with one attached hydrogen (secondary N) is 1. The van der Waals surface area contributed by atoms with Gasteiger partial charge in [0.15, 0.2) is 5.65 Å². The molecule has 9 heteroatoms. The van der Waals surface area contributed by atoms with Crippen LogP contribution < -0.4 is 10.1 Å². The number of ether oxygens (including phenoxy) is 1. The average molecular weight is 445 g/mol. The lowest BCUT2D eigenvalue weighted by atomic mass is 9.93. The molecule has 1 aromatic carbocycles. The summed E-state index contributed by atoms with van der Waals surface area (Å²) in [6.07, 6.45) is 7.95. The molecular weight excluding hydrogens is 416 g/mol. The van der Waals surface area contributed by atoms with E-state index in [2.05, 4.69) is 39.5 Å². The summed E-state index contributed by atoms with van der Waals surface area (Å²) in [5, 5.41) is 18.9. The van der Waals surface area contributed by atoms with Crippen LogP contribution in [-0.2, 0) is 13.0 Å². The van der Waals surface area contributed by atoms with Gasteiger partial charge in [-0.2, -0.15) is 10.1 Å². The normalized spacial score (nSPS) is 21.4. The van der Waals surface area contributed by atoms with E-state index in [-0.39, 0.29) is 24.6 Å². The van der Waals surface area contributed by atoms with Gasteiger partial charge in [-0.3, -0.25) is 0 Å². The minimum absolute atomic E-state index is 0. The second kappa shape index (κ2) is 8.98. The van der Waals surface area contributed by atoms with E-state index in [1.165, 1.54) is 11.1 Å². The third-order valence-electron chi connectivity index (χ3n) is 6.27. The highest BCUT2D eigenvalue weighted by Crippen LogP contribution is 2.34. The van der Waals surface area contributed by atoms with Crippen LogP contribution in [0.4, 0.5) is 11.6 Å². The smallest absolute Gasteiger partial charge is 0.229 e. The second-order valence-electron chi connectivity index (χ2n) is 8.47. The van der Waals surface area contributed by atoms with Crippen LogP contribution in [0.15, 0.2) is 24.5 Å². The predicted molar refractivity (Wildman–Crippen MR) is 122 cm³/mol. The van der Waals surface area contributed by atoms with Crippen molar-refractivity contribution in [2.75, 3.05) is 26.0 Å². The first-order valence-corrected chi connectivity index (χ1v) is 10.6. The fourth-order valence-electron chi connectivity index (χ4n) is 4.64. The van der Waals surface area contributed by atoms with Crippen LogP contribution in [0.1, 0.15) is 42.9 Å². The molecule has 1 aliphatic heterocycles. The summed E-state index contributed by atoms with van der Waals surface area (Å²) >= 11 is 0. The zero-order valence-corrected chi connectivity index (χ0v) is 18.7. The number of aromatic nitrogens is 4. The number of methoxy groups -OCH3 is 1. The molecule has 0 amide bonds. The number of likely N-dealkylation sites (N-methyl/N-ethyl adjacent to an activating group) is 1. The Bertz CT molecular complexity index is 1070. The largest absolute Gasteiger partial charge is 0.495 e. The average Bonchev–Trinajstić information content (AvgIpc) is 3.16. The lowest BCUT2D eigenvalue weighted by Crippen LogP contribution is -2.26. The molecule has 3 heterocycles. The molecule has 2 aliphatic rings. The van der Waals surface area contributed by atoms with Crippen LogP contribution in [0.25, 0.3) is 11.0 Å². The van der Waals surface area contributed by atoms with Crippen molar-refractivity contribution in [2.45, 2.75) is 50.8 Å². The Labute approximate surface area is 188 Å². The number of hydrogen-bond donors (Lipinski definition) is 2. The van der Waals surface area contributed by atoms with Gasteiger partial charge in [0.05, 0.1) is 36.5 Å². The number of fused-ring (bicyclic) bond motifs is 2. The molecule has 1 aliphatic carbocycles. The van der Waals surface area contributed by atoms with Crippen molar-refractivity contribution in [2.24, 2.45) is 0 Å². The molecule has 8 nitrogen and oxygen atoms in total. The van der Waals surface area contributed by atoms with Gasteiger partial charge in [0, 0.05) is 19.3 Å². The van der Waals surface area contributed by atoms with E-state index in [0.29, 0.717) is 5.95 Å². The maximum Gasteiger partial charge on any atom is 0.229 e. The Hall–Kier alpha value is -2.42. The summed E-state index contributed by atoms with van der Waals surface area (Å²) in [6.45, 7) is 1.98. The predicted octanol–water partition coefficient (Wildman–Crippen LogP) is 3.46. The molecule has 0 saturated heterocycles. The molecule has 1 fully saturated rings. The molecule has 31 heavy (non-hydrogen) atoms. The quantitative estimate of drug-likeness (QED) is 0.637. The van der Waals surface area contributed by atoms with Crippen LogP contribution >= 0.6 is 12.4 Å². The first-order chi connectivity index (χ1) is 14.6. The van der Waals surface area contributed by atoms with Gasteiger partial charge in [-0.25, -0.2) is 9.67 Å². The minimum Gasteiger partial charge on any atom is -0.495 e. The molecule has 3 aromatic rings. The van der Waals surface area contributed by atoms with Crippen molar-refractivity contribution >= 4 is 35.1 Å². The Morgan fingerprint density at radius 2 is 2.06 bits per heavy atom. The molecule has 2 N–H and O–H groups in total. The SMILES string of the molecule is COc1cc2c(cc1Nc1ncc3cnn([C@@H]4CCC[C@H](O)C4)c3n1)CN(C)CC2.Cl. The van der Waals surface area contributed by atoms with Crippen molar-refractivity contribution in [1.82, 2.24) is 24.6 Å². The number of halogens is 1. The van der Waals surface area contributed by atoms with E-state index in [1.807, 2.05) is 4.68 Å². The summed E-state index contributed by atoms with van der Waals surface area (Å²) in [5.41, 5.74) is 4.29. The summed E-state index contributed by atoms with van der Waals surface area (Å²) in [5.74, 6) is 1.31. The molecule has 2 atom stereocenters. The molecule has 1 saturated carbocycles. The molecule has 0 unspecified atom stereocenters. The van der Waals surface area contributed by atoms with E-state index in [9.17, 15) is 5.11 Å². The summed E-state index contributed by atoms with van der Waals surface area (Å²) in [4.78, 5) is 11.6. The lowest BCUT2D eigenvalue weighted by Gasteiger charge is -2.26. The Balaban J connectivity index is 0.00000231. The van der Waals surface area contributed by atoms with Crippen LogP contribution in [0.2, 0.25) is 0 Å². The van der Waals surface area contributed by atoms with Gasteiger partial charge in [-0.05, 0) is 62.4 Å². The van der Waals surface area contributed by atoms with Gasteiger partial charge in [-0.15, -0.1) is 12.4 Å². The highest BCUT2D eigenvalue weighted by molar-refractivity contribution is 5.85. The second-order valence-corrected chi connectivity index (χ2v) is 8.47. The molecular formula is C22H29ClN6O2. The number of hydrogen-bond acceptors (Lipinski definition) is 7. The van der Waals surface area contributed by atoms with Gasteiger partial charge < -0.3 is 20.1 Å². The van der Waals surface area contributed by atoms with Crippen molar-refractivity contribution in [3.05, 3.63) is 35.7 Å². The topological polar surface area (TPSA) is 88.3 Å². The van der Waals surface area contributed by atoms with Crippen molar-refractivity contribution in [1.29, 1.82) is 0 Å². The maximum atomic E-state index is 10.1. The van der Waals surface area contributed by atoms with E-state index in [0.717, 1.165) is 67.7 Å². The monoisotopic (exact) mass is 444 g/mol. The standard InChI is InChI=1S/C22H28N6O2.ClH/c1-27-7-6-14-9-20(30-2)19(8-15(14)13-27)25-22-23-11-16-12-24-28(21(16)26-22)17-4-3-5-18(29)10-17;/h8-9,11-12,17-18,29H,3-7,10,13H2,1-2H3,(H,23,25,26);1H/t17-,18+;/m1./s1. The van der Waals surface area contributed by atoms with E-state index in [4.69, 9.17) is 9.72 Å². The van der Waals surface area contributed by atoms with Crippen molar-refractivity contribution in [3.8, 4) is 5.75 Å². The van der Waals surface area contributed by atoms with Gasteiger partial charge >= 0.3 is 0 Å². The number of anilines is 2. The third-order valence-corrected chi connectivity index (χ3v) is 6.27. The Morgan fingerprint density at radius 1 is 1.19 bits per heavy atom. The molecule has 0 radical (unpaired) electrons. The summed E-state index contributed by atoms with van der Waals surface area (Å²) in [6, 6.07) is 4.44. The minimum atomic E-state index is -0.264. The van der Waals surface area contributed by atoms with Crippen molar-refractivity contribution in [3.63, 3.8) is 0 Å². The number of aliphatic hydroxyl groups is 1. The number of nitrogens with zero attached hydrogens (tertiary/aromatic N) is 5. The Morgan fingerprint density at radius 3 is 2.87 bits per heavy atom. The number of rotatable bonds is 4. The number of benzene rings is 1. The fraction of sp³-hybridized carbons (Fsp3) is 0.500. The molecule has 2 aromatic heterocycles. The zero-order valence-electron chi connectivity index (χ0n) is 17.9. The zero-order chi connectivity index (χ0) is 20.7. The highest BCUT2D eigenvalue weighted by atomic mass is 35.5. The Kier molecular flexibility index (Phi) is 6.31. The highest BCUT2D eigenvalue weighted by Gasteiger charge is 2.24. The van der Waals surface area contributed by atoms with Gasteiger partial charge in [-0.1, -0.05) is 0 Å².